The van der Waals surface area contributed by atoms with E-state index < -0.39 is 6.10 Å². The van der Waals surface area contributed by atoms with Crippen molar-refractivity contribution in [1.29, 1.82) is 0 Å². The number of nitrogens with zero attached hydrogens (tertiary/aromatic N) is 3. The van der Waals surface area contributed by atoms with Gasteiger partial charge in [-0.15, -0.1) is 0 Å². The van der Waals surface area contributed by atoms with Crippen LogP contribution in [0.15, 0.2) is 18.3 Å². The molecule has 1 atom stereocenters. The Hall–Kier alpha value is -1.68. The third kappa shape index (κ3) is 2.08. The highest BCUT2D eigenvalue weighted by molar-refractivity contribution is 5.35. The van der Waals surface area contributed by atoms with Crippen LogP contribution in [0.2, 0.25) is 0 Å². The SMILES string of the molecule is Cc1nn(-c2ccc([C@@H](C)O)nc2)c(C)c1C. The highest BCUT2D eigenvalue weighted by Crippen LogP contribution is 2.17. The Kier molecular flexibility index (Phi) is 2.98. The van der Waals surface area contributed by atoms with Gasteiger partial charge >= 0.3 is 0 Å². The van der Waals surface area contributed by atoms with E-state index in [2.05, 4.69) is 17.0 Å². The first kappa shape index (κ1) is 11.8. The summed E-state index contributed by atoms with van der Waals surface area (Å²) in [6, 6.07) is 3.75. The van der Waals surface area contributed by atoms with Crippen LogP contribution < -0.4 is 0 Å². The summed E-state index contributed by atoms with van der Waals surface area (Å²) in [5, 5.41) is 13.9. The minimum absolute atomic E-state index is 0.536. The molecule has 4 heteroatoms. The molecule has 0 aromatic carbocycles. The maximum absolute atomic E-state index is 9.40. The van der Waals surface area contributed by atoms with Crippen molar-refractivity contribution in [3.63, 3.8) is 0 Å². The minimum atomic E-state index is -0.536. The van der Waals surface area contributed by atoms with Crippen molar-refractivity contribution < 1.29 is 5.11 Å². The zero-order valence-corrected chi connectivity index (χ0v) is 10.6. The van der Waals surface area contributed by atoms with E-state index in [1.165, 1.54) is 5.56 Å². The highest BCUT2D eigenvalue weighted by atomic mass is 16.3. The number of aryl methyl sites for hydroxylation is 1. The number of aliphatic hydroxyl groups excluding tert-OH is 1. The van der Waals surface area contributed by atoms with E-state index in [0.717, 1.165) is 17.1 Å². The van der Waals surface area contributed by atoms with Gasteiger partial charge in [-0.2, -0.15) is 5.10 Å². The topological polar surface area (TPSA) is 50.9 Å². The fourth-order valence-corrected chi connectivity index (χ4v) is 1.74. The normalized spacial score (nSPS) is 12.8. The van der Waals surface area contributed by atoms with Gasteiger partial charge in [0.05, 0.1) is 29.4 Å². The Balaban J connectivity index is 2.43. The van der Waals surface area contributed by atoms with Crippen LogP contribution in [0.5, 0.6) is 0 Å². The van der Waals surface area contributed by atoms with Crippen LogP contribution in [0.4, 0.5) is 0 Å². The van der Waals surface area contributed by atoms with Crippen molar-refractivity contribution in [1.82, 2.24) is 14.8 Å². The third-order valence-electron chi connectivity index (χ3n) is 3.10. The lowest BCUT2D eigenvalue weighted by Crippen LogP contribution is -2.02. The van der Waals surface area contributed by atoms with Gasteiger partial charge in [-0.3, -0.25) is 4.98 Å². The molecule has 4 nitrogen and oxygen atoms in total. The van der Waals surface area contributed by atoms with Crippen LogP contribution in [-0.2, 0) is 0 Å². The third-order valence-corrected chi connectivity index (χ3v) is 3.10. The summed E-state index contributed by atoms with van der Waals surface area (Å²) in [5.41, 5.74) is 4.94. The zero-order chi connectivity index (χ0) is 12.6. The van der Waals surface area contributed by atoms with E-state index >= 15 is 0 Å². The molecule has 0 saturated carbocycles. The fourth-order valence-electron chi connectivity index (χ4n) is 1.74. The first-order valence-electron chi connectivity index (χ1n) is 5.68. The second-order valence-electron chi connectivity index (χ2n) is 4.32. The summed E-state index contributed by atoms with van der Waals surface area (Å²) >= 11 is 0. The minimum Gasteiger partial charge on any atom is -0.387 e. The molecule has 2 rings (SSSR count). The van der Waals surface area contributed by atoms with E-state index in [9.17, 15) is 5.11 Å². The summed E-state index contributed by atoms with van der Waals surface area (Å²) in [4.78, 5) is 4.22. The maximum atomic E-state index is 9.40. The maximum Gasteiger partial charge on any atom is 0.0931 e. The standard InChI is InChI=1S/C13H17N3O/c1-8-9(2)15-16(10(8)3)12-5-6-13(11(4)17)14-7-12/h5-7,11,17H,1-4H3/t11-/m1/s1. The molecule has 0 bridgehead atoms. The van der Waals surface area contributed by atoms with E-state index in [0.29, 0.717) is 5.69 Å². The summed E-state index contributed by atoms with van der Waals surface area (Å²) in [7, 11) is 0. The van der Waals surface area contributed by atoms with Gasteiger partial charge in [0, 0.05) is 5.69 Å². The van der Waals surface area contributed by atoms with E-state index in [-0.39, 0.29) is 0 Å². The van der Waals surface area contributed by atoms with E-state index in [1.54, 1.807) is 13.1 Å². The quantitative estimate of drug-likeness (QED) is 0.862. The molecule has 90 valence electrons. The smallest absolute Gasteiger partial charge is 0.0931 e. The van der Waals surface area contributed by atoms with Gasteiger partial charge in [-0.25, -0.2) is 4.68 Å². The van der Waals surface area contributed by atoms with E-state index in [4.69, 9.17) is 0 Å². The van der Waals surface area contributed by atoms with Crippen LogP contribution in [0.1, 0.15) is 35.7 Å². The van der Waals surface area contributed by atoms with Crippen LogP contribution in [0.3, 0.4) is 0 Å². The van der Waals surface area contributed by atoms with Gasteiger partial charge in [0.2, 0.25) is 0 Å². The Morgan fingerprint density at radius 2 is 1.94 bits per heavy atom. The Morgan fingerprint density at radius 3 is 2.35 bits per heavy atom. The summed E-state index contributed by atoms with van der Waals surface area (Å²) in [6.45, 7) is 7.80. The molecule has 0 spiro atoms. The van der Waals surface area contributed by atoms with Crippen LogP contribution in [0, 0.1) is 20.8 Å². The Bertz CT molecular complexity index is 526. The van der Waals surface area contributed by atoms with Crippen molar-refractivity contribution in [3.8, 4) is 5.69 Å². The molecule has 0 amide bonds. The van der Waals surface area contributed by atoms with Crippen molar-refractivity contribution in [2.75, 3.05) is 0 Å². The Labute approximate surface area is 101 Å². The monoisotopic (exact) mass is 231 g/mol. The van der Waals surface area contributed by atoms with Gasteiger partial charge in [0.1, 0.15) is 0 Å². The predicted molar refractivity (Wildman–Crippen MR) is 66.2 cm³/mol. The summed E-state index contributed by atoms with van der Waals surface area (Å²) in [6.07, 6.45) is 1.20. The predicted octanol–water partition coefficient (Wildman–Crippen LogP) is 2.25. The first-order valence-corrected chi connectivity index (χ1v) is 5.68. The van der Waals surface area contributed by atoms with Gasteiger partial charge in [-0.1, -0.05) is 0 Å². The van der Waals surface area contributed by atoms with Crippen molar-refractivity contribution >= 4 is 0 Å². The number of pyridine rings is 1. The van der Waals surface area contributed by atoms with Gasteiger partial charge < -0.3 is 5.11 Å². The molecule has 17 heavy (non-hydrogen) atoms. The average molecular weight is 231 g/mol. The van der Waals surface area contributed by atoms with Gasteiger partial charge in [-0.05, 0) is 45.4 Å². The van der Waals surface area contributed by atoms with Crippen LogP contribution in [0.25, 0.3) is 5.69 Å². The molecule has 0 saturated heterocycles. The molecule has 2 aromatic heterocycles. The van der Waals surface area contributed by atoms with Gasteiger partial charge in [0.15, 0.2) is 0 Å². The zero-order valence-electron chi connectivity index (χ0n) is 10.6. The molecule has 0 aliphatic heterocycles. The first-order chi connectivity index (χ1) is 8.00. The lowest BCUT2D eigenvalue weighted by atomic mass is 10.2. The molecular weight excluding hydrogens is 214 g/mol. The lowest BCUT2D eigenvalue weighted by Gasteiger charge is -2.07. The largest absolute Gasteiger partial charge is 0.387 e. The molecule has 0 radical (unpaired) electrons. The van der Waals surface area contributed by atoms with Crippen molar-refractivity contribution in [2.24, 2.45) is 0 Å². The number of hydrogen-bond acceptors (Lipinski definition) is 3. The fraction of sp³-hybridized carbons (Fsp3) is 0.385. The summed E-state index contributed by atoms with van der Waals surface area (Å²) in [5.74, 6) is 0. The van der Waals surface area contributed by atoms with Crippen molar-refractivity contribution in [3.05, 3.63) is 41.0 Å². The lowest BCUT2D eigenvalue weighted by molar-refractivity contribution is 0.194. The van der Waals surface area contributed by atoms with E-state index in [1.807, 2.05) is 30.7 Å². The number of aromatic nitrogens is 3. The second-order valence-corrected chi connectivity index (χ2v) is 4.32. The molecule has 0 aliphatic rings. The van der Waals surface area contributed by atoms with Crippen molar-refractivity contribution in [2.45, 2.75) is 33.8 Å². The second kappa shape index (κ2) is 4.30. The van der Waals surface area contributed by atoms with Crippen LogP contribution >= 0.6 is 0 Å². The molecule has 2 aromatic rings. The number of hydrogen-bond donors (Lipinski definition) is 1. The number of rotatable bonds is 2. The Morgan fingerprint density at radius 1 is 1.24 bits per heavy atom. The molecule has 0 unspecified atom stereocenters. The molecule has 0 aliphatic carbocycles. The van der Waals surface area contributed by atoms with Crippen LogP contribution in [-0.4, -0.2) is 19.9 Å². The average Bonchev–Trinajstić information content (AvgIpc) is 2.57. The molecular formula is C13H17N3O. The highest BCUT2D eigenvalue weighted by Gasteiger charge is 2.09. The number of aliphatic hydroxyl groups is 1. The molecule has 0 fully saturated rings. The summed E-state index contributed by atoms with van der Waals surface area (Å²) < 4.78 is 1.88. The molecule has 1 N–H and O–H groups in total. The van der Waals surface area contributed by atoms with Gasteiger partial charge in [0.25, 0.3) is 0 Å². The molecule has 2 heterocycles.